The number of hydrogen-bond acceptors (Lipinski definition) is 3. The lowest BCUT2D eigenvalue weighted by molar-refractivity contribution is 0.00578. The molecule has 1 aliphatic heterocycles. The van der Waals surface area contributed by atoms with Gasteiger partial charge in [0.15, 0.2) is 0 Å². The summed E-state index contributed by atoms with van der Waals surface area (Å²) in [6.45, 7) is 8.17. The van der Waals surface area contributed by atoms with Crippen LogP contribution in [0.2, 0.25) is 0 Å². The van der Waals surface area contributed by atoms with E-state index in [0.717, 1.165) is 10.3 Å². The maximum atomic E-state index is 5.92. The summed E-state index contributed by atoms with van der Waals surface area (Å²) >= 11 is 1.54. The monoisotopic (exact) mass is 234 g/mol. The molecule has 0 atom stereocenters. The van der Waals surface area contributed by atoms with Crippen LogP contribution in [-0.4, -0.2) is 18.3 Å². The van der Waals surface area contributed by atoms with Gasteiger partial charge in [-0.1, -0.05) is 5.92 Å². The fraction of sp³-hybridized carbons (Fsp3) is 0.500. The van der Waals surface area contributed by atoms with Gasteiger partial charge in [-0.2, -0.15) is 0 Å². The summed E-state index contributed by atoms with van der Waals surface area (Å²) in [7, 11) is -0.302. The molecule has 2 heterocycles. The topological polar surface area (TPSA) is 18.5 Å². The van der Waals surface area contributed by atoms with Crippen molar-refractivity contribution < 1.29 is 9.31 Å². The second-order valence-corrected chi connectivity index (χ2v) is 5.89. The first kappa shape index (κ1) is 11.7. The van der Waals surface area contributed by atoms with E-state index in [1.807, 2.05) is 39.1 Å². The van der Waals surface area contributed by atoms with Crippen LogP contribution in [0.1, 0.15) is 32.6 Å². The van der Waals surface area contributed by atoms with Crippen molar-refractivity contribution in [2.45, 2.75) is 38.9 Å². The molecule has 1 aliphatic rings. The lowest BCUT2D eigenvalue weighted by atomic mass is 9.81. The summed E-state index contributed by atoms with van der Waals surface area (Å²) in [5.74, 6) is 2.62. The van der Waals surface area contributed by atoms with E-state index >= 15 is 0 Å². The molecule has 84 valence electrons. The van der Waals surface area contributed by atoms with Gasteiger partial charge in [-0.25, -0.2) is 0 Å². The molecule has 0 N–H and O–H groups in total. The van der Waals surface area contributed by atoms with Crippen molar-refractivity contribution in [2.24, 2.45) is 0 Å². The van der Waals surface area contributed by atoms with E-state index in [0.29, 0.717) is 0 Å². The van der Waals surface area contributed by atoms with E-state index in [4.69, 9.17) is 15.7 Å². The summed E-state index contributed by atoms with van der Waals surface area (Å²) in [5, 5.41) is 2.00. The molecule has 1 aromatic heterocycles. The highest BCUT2D eigenvalue weighted by atomic mass is 32.1. The SMILES string of the molecule is C#Cc1cc(B2OC(C)(C)C(C)(C)O2)cs1. The third-order valence-corrected chi connectivity index (χ3v) is 4.17. The molecule has 2 rings (SSSR count). The number of hydrogen-bond donors (Lipinski definition) is 0. The van der Waals surface area contributed by atoms with Crippen LogP contribution in [0, 0.1) is 12.3 Å². The molecule has 0 aliphatic carbocycles. The van der Waals surface area contributed by atoms with E-state index < -0.39 is 0 Å². The van der Waals surface area contributed by atoms with Crippen LogP contribution >= 0.6 is 11.3 Å². The predicted molar refractivity (Wildman–Crippen MR) is 68.0 cm³/mol. The molecule has 1 aromatic rings. The molecule has 0 amide bonds. The molecule has 0 saturated carbocycles. The van der Waals surface area contributed by atoms with Gasteiger partial charge in [0, 0.05) is 0 Å². The van der Waals surface area contributed by atoms with Gasteiger partial charge >= 0.3 is 7.12 Å². The molecule has 0 spiro atoms. The van der Waals surface area contributed by atoms with E-state index in [2.05, 4.69) is 5.92 Å². The molecular formula is C12H15BO2S. The Morgan fingerprint density at radius 3 is 2.25 bits per heavy atom. The van der Waals surface area contributed by atoms with Crippen LogP contribution in [0.15, 0.2) is 11.4 Å². The molecule has 0 unspecified atom stereocenters. The van der Waals surface area contributed by atoms with Crippen LogP contribution in [-0.2, 0) is 9.31 Å². The third kappa shape index (κ3) is 1.80. The summed E-state index contributed by atoms with van der Waals surface area (Å²) in [5.41, 5.74) is 0.419. The van der Waals surface area contributed by atoms with Crippen molar-refractivity contribution in [1.82, 2.24) is 0 Å². The Labute approximate surface area is 101 Å². The number of rotatable bonds is 1. The van der Waals surface area contributed by atoms with Crippen molar-refractivity contribution >= 4 is 23.9 Å². The molecule has 4 heteroatoms. The largest absolute Gasteiger partial charge is 0.495 e. The molecule has 0 bridgehead atoms. The molecular weight excluding hydrogens is 219 g/mol. The first-order valence-corrected chi connectivity index (χ1v) is 6.14. The van der Waals surface area contributed by atoms with Crippen molar-refractivity contribution in [2.75, 3.05) is 0 Å². The minimum absolute atomic E-state index is 0.296. The van der Waals surface area contributed by atoms with Gasteiger partial charge < -0.3 is 9.31 Å². The minimum atomic E-state index is -0.302. The van der Waals surface area contributed by atoms with Crippen molar-refractivity contribution in [3.8, 4) is 12.3 Å². The smallest absolute Gasteiger partial charge is 0.399 e. The first-order chi connectivity index (χ1) is 7.36. The fourth-order valence-corrected chi connectivity index (χ4v) is 2.24. The van der Waals surface area contributed by atoms with E-state index in [9.17, 15) is 0 Å². The number of terminal acetylenes is 1. The Morgan fingerprint density at radius 2 is 1.81 bits per heavy atom. The Hall–Kier alpha value is -0.755. The van der Waals surface area contributed by atoms with E-state index in [1.54, 1.807) is 11.3 Å². The summed E-state index contributed by atoms with van der Waals surface area (Å²) in [6, 6.07) is 1.95. The standard InChI is InChI=1S/C12H15BO2S/c1-6-10-7-9(8-16-10)13-14-11(2,3)12(4,5)15-13/h1,7-8H,2-5H3. The second kappa shape index (κ2) is 3.63. The quantitative estimate of drug-likeness (QED) is 0.546. The number of thiophene rings is 1. The van der Waals surface area contributed by atoms with Crippen LogP contribution in [0.25, 0.3) is 0 Å². The Morgan fingerprint density at radius 1 is 1.25 bits per heavy atom. The normalized spacial score (nSPS) is 22.1. The maximum absolute atomic E-state index is 5.92. The summed E-state index contributed by atoms with van der Waals surface area (Å²) < 4.78 is 11.8. The molecule has 2 nitrogen and oxygen atoms in total. The lowest BCUT2D eigenvalue weighted by Crippen LogP contribution is -2.41. The van der Waals surface area contributed by atoms with Gasteiger partial charge in [-0.15, -0.1) is 17.8 Å². The minimum Gasteiger partial charge on any atom is -0.399 e. The van der Waals surface area contributed by atoms with Crippen molar-refractivity contribution in [1.29, 1.82) is 0 Å². The Kier molecular flexibility index (Phi) is 2.66. The Bertz CT molecular complexity index is 426. The van der Waals surface area contributed by atoms with Crippen LogP contribution in [0.3, 0.4) is 0 Å². The van der Waals surface area contributed by atoms with Gasteiger partial charge in [0.1, 0.15) is 0 Å². The molecule has 16 heavy (non-hydrogen) atoms. The highest BCUT2D eigenvalue weighted by Crippen LogP contribution is 2.36. The summed E-state index contributed by atoms with van der Waals surface area (Å²) in [4.78, 5) is 0.907. The van der Waals surface area contributed by atoms with Gasteiger partial charge in [0.05, 0.1) is 16.1 Å². The lowest BCUT2D eigenvalue weighted by Gasteiger charge is -2.32. The van der Waals surface area contributed by atoms with E-state index in [-0.39, 0.29) is 18.3 Å². The van der Waals surface area contributed by atoms with Crippen molar-refractivity contribution in [3.63, 3.8) is 0 Å². The third-order valence-electron chi connectivity index (χ3n) is 3.29. The van der Waals surface area contributed by atoms with Gasteiger partial charge in [0.25, 0.3) is 0 Å². The van der Waals surface area contributed by atoms with Crippen LogP contribution in [0.4, 0.5) is 0 Å². The molecule has 1 fully saturated rings. The molecule has 0 aromatic carbocycles. The highest BCUT2D eigenvalue weighted by Gasteiger charge is 2.51. The summed E-state index contributed by atoms with van der Waals surface area (Å²) in [6.07, 6.45) is 5.35. The van der Waals surface area contributed by atoms with Crippen LogP contribution in [0.5, 0.6) is 0 Å². The average Bonchev–Trinajstić information content (AvgIpc) is 2.70. The van der Waals surface area contributed by atoms with Crippen molar-refractivity contribution in [3.05, 3.63) is 16.3 Å². The second-order valence-electron chi connectivity index (χ2n) is 4.98. The van der Waals surface area contributed by atoms with E-state index in [1.165, 1.54) is 0 Å². The van der Waals surface area contributed by atoms with Gasteiger partial charge in [-0.05, 0) is 44.6 Å². The Balaban J connectivity index is 2.24. The van der Waals surface area contributed by atoms with Gasteiger partial charge in [-0.3, -0.25) is 0 Å². The zero-order chi connectivity index (χ0) is 12.0. The predicted octanol–water partition coefficient (Wildman–Crippen LogP) is 2.03. The maximum Gasteiger partial charge on any atom is 0.495 e. The average molecular weight is 234 g/mol. The van der Waals surface area contributed by atoms with Gasteiger partial charge in [0.2, 0.25) is 0 Å². The first-order valence-electron chi connectivity index (χ1n) is 5.26. The highest BCUT2D eigenvalue weighted by molar-refractivity contribution is 7.11. The molecule has 0 radical (unpaired) electrons. The fourth-order valence-electron chi connectivity index (χ4n) is 1.53. The zero-order valence-corrected chi connectivity index (χ0v) is 10.9. The van der Waals surface area contributed by atoms with Crippen LogP contribution < -0.4 is 5.46 Å². The molecule has 1 saturated heterocycles. The zero-order valence-electron chi connectivity index (χ0n) is 10.0.